The molecule has 0 unspecified atom stereocenters. The van der Waals surface area contributed by atoms with Gasteiger partial charge in [0.2, 0.25) is 0 Å². The van der Waals surface area contributed by atoms with Crippen LogP contribution in [0.3, 0.4) is 0 Å². The zero-order chi connectivity index (χ0) is 16.3. The number of hydrogen-bond acceptors (Lipinski definition) is 3. The Hall–Kier alpha value is -1.99. The molecule has 0 heterocycles. The van der Waals surface area contributed by atoms with Crippen molar-refractivity contribution in [3.05, 3.63) is 59.4 Å². The fraction of sp³-hybridized carbons (Fsp3) is 0.200. The van der Waals surface area contributed by atoms with Crippen molar-refractivity contribution in [1.82, 2.24) is 0 Å². The number of rotatable bonds is 4. The highest BCUT2D eigenvalue weighted by Crippen LogP contribution is 2.27. The van der Waals surface area contributed by atoms with Gasteiger partial charge in [0.25, 0.3) is 0 Å². The predicted octanol–water partition coefficient (Wildman–Crippen LogP) is 4.20. The van der Waals surface area contributed by atoms with Crippen molar-refractivity contribution < 1.29 is 27.0 Å². The summed E-state index contributed by atoms with van der Waals surface area (Å²) in [6.45, 7) is 0. The molecule has 23 heavy (non-hydrogen) atoms. The van der Waals surface area contributed by atoms with Gasteiger partial charge in [-0.3, -0.25) is 0 Å². The number of alkyl halides is 3. The van der Waals surface area contributed by atoms with Gasteiger partial charge in [-0.15, -0.1) is 25.6 Å². The summed E-state index contributed by atoms with van der Waals surface area (Å²) in [5.41, 5.74) is 6.99. The highest BCUT2D eigenvalue weighted by atomic mass is 35.5. The standard InChI is InChI=1S/C15H13F4NO2.ClH/c1-21-13-7-4-10(8-12(13)16)14(20)9-2-5-11(6-3-9)22-15(17,18)19;/h2-8,14H,20H2,1H3;1H/t14-;/m1./s1. The third-order valence-electron chi connectivity index (χ3n) is 3.01. The average Bonchev–Trinajstić information content (AvgIpc) is 2.45. The van der Waals surface area contributed by atoms with Crippen molar-refractivity contribution in [2.45, 2.75) is 12.4 Å². The number of halogens is 5. The maximum Gasteiger partial charge on any atom is 0.573 e. The molecule has 0 aromatic heterocycles. The van der Waals surface area contributed by atoms with Gasteiger partial charge in [0.1, 0.15) is 5.75 Å². The molecule has 0 aliphatic heterocycles. The summed E-state index contributed by atoms with van der Waals surface area (Å²) < 4.78 is 58.5. The van der Waals surface area contributed by atoms with E-state index in [2.05, 4.69) is 4.74 Å². The largest absolute Gasteiger partial charge is 0.573 e. The Balaban J connectivity index is 0.00000264. The summed E-state index contributed by atoms with van der Waals surface area (Å²) in [6.07, 6.45) is -4.75. The van der Waals surface area contributed by atoms with Crippen LogP contribution in [0.4, 0.5) is 17.6 Å². The third kappa shape index (κ3) is 5.01. The minimum absolute atomic E-state index is 0. The molecule has 0 fully saturated rings. The normalized spacial score (nSPS) is 12.3. The van der Waals surface area contributed by atoms with Crippen molar-refractivity contribution in [2.24, 2.45) is 5.73 Å². The fourth-order valence-corrected chi connectivity index (χ4v) is 1.95. The first-order valence-electron chi connectivity index (χ1n) is 6.25. The van der Waals surface area contributed by atoms with Gasteiger partial charge in [0.15, 0.2) is 11.6 Å². The van der Waals surface area contributed by atoms with Gasteiger partial charge >= 0.3 is 6.36 Å². The maximum absolute atomic E-state index is 13.7. The summed E-state index contributed by atoms with van der Waals surface area (Å²) in [5, 5.41) is 0. The van der Waals surface area contributed by atoms with E-state index < -0.39 is 18.2 Å². The van der Waals surface area contributed by atoms with Crippen LogP contribution in [0.5, 0.6) is 11.5 Å². The molecule has 3 nitrogen and oxygen atoms in total. The van der Waals surface area contributed by atoms with E-state index in [4.69, 9.17) is 10.5 Å². The first-order chi connectivity index (χ1) is 10.3. The van der Waals surface area contributed by atoms with E-state index in [1.165, 1.54) is 31.4 Å². The third-order valence-corrected chi connectivity index (χ3v) is 3.01. The summed E-state index contributed by atoms with van der Waals surface area (Å²) >= 11 is 0. The Bertz CT molecular complexity index is 647. The fourth-order valence-electron chi connectivity index (χ4n) is 1.95. The van der Waals surface area contributed by atoms with Gasteiger partial charge in [-0.05, 0) is 35.4 Å². The Kier molecular flexibility index (Phi) is 6.23. The van der Waals surface area contributed by atoms with Gasteiger partial charge in [-0.2, -0.15) is 0 Å². The van der Waals surface area contributed by atoms with Crippen LogP contribution in [0.25, 0.3) is 0 Å². The zero-order valence-corrected chi connectivity index (χ0v) is 12.7. The minimum Gasteiger partial charge on any atom is -0.494 e. The molecule has 2 aromatic carbocycles. The molecule has 0 radical (unpaired) electrons. The molecular weight excluding hydrogens is 338 g/mol. The molecule has 2 rings (SSSR count). The van der Waals surface area contributed by atoms with Crippen molar-refractivity contribution >= 4 is 12.4 Å². The van der Waals surface area contributed by atoms with Crippen LogP contribution < -0.4 is 15.2 Å². The van der Waals surface area contributed by atoms with Gasteiger partial charge < -0.3 is 15.2 Å². The molecule has 1 atom stereocenters. The predicted molar refractivity (Wildman–Crippen MR) is 79.4 cm³/mol. The second-order valence-electron chi connectivity index (χ2n) is 4.49. The maximum atomic E-state index is 13.7. The van der Waals surface area contributed by atoms with Gasteiger partial charge in [-0.25, -0.2) is 4.39 Å². The SMILES string of the molecule is COc1ccc([C@H](N)c2ccc(OC(F)(F)F)cc2)cc1F.Cl. The van der Waals surface area contributed by atoms with E-state index in [1.807, 2.05) is 0 Å². The first kappa shape index (κ1) is 19.1. The van der Waals surface area contributed by atoms with E-state index >= 15 is 0 Å². The van der Waals surface area contributed by atoms with E-state index in [9.17, 15) is 17.6 Å². The summed E-state index contributed by atoms with van der Waals surface area (Å²) in [7, 11) is 1.34. The van der Waals surface area contributed by atoms with Crippen LogP contribution in [0.1, 0.15) is 17.2 Å². The lowest BCUT2D eigenvalue weighted by Crippen LogP contribution is -2.17. The molecule has 0 amide bonds. The van der Waals surface area contributed by atoms with E-state index in [0.717, 1.165) is 12.1 Å². The summed E-state index contributed by atoms with van der Waals surface area (Å²) in [6, 6.07) is 8.68. The molecule has 0 saturated heterocycles. The number of ether oxygens (including phenoxy) is 2. The molecule has 0 spiro atoms. The number of methoxy groups -OCH3 is 1. The highest BCUT2D eigenvalue weighted by Gasteiger charge is 2.31. The van der Waals surface area contributed by atoms with Crippen molar-refractivity contribution in [2.75, 3.05) is 7.11 Å². The van der Waals surface area contributed by atoms with Crippen LogP contribution >= 0.6 is 12.4 Å². The molecule has 0 bridgehead atoms. The summed E-state index contributed by atoms with van der Waals surface area (Å²) in [5.74, 6) is -0.818. The smallest absolute Gasteiger partial charge is 0.494 e. The topological polar surface area (TPSA) is 44.5 Å². The van der Waals surface area contributed by atoms with E-state index in [0.29, 0.717) is 11.1 Å². The molecule has 0 aliphatic rings. The first-order valence-corrected chi connectivity index (χ1v) is 6.25. The minimum atomic E-state index is -4.75. The number of benzene rings is 2. The Morgan fingerprint density at radius 1 is 1.00 bits per heavy atom. The van der Waals surface area contributed by atoms with Crippen molar-refractivity contribution in [3.63, 3.8) is 0 Å². The molecule has 0 aliphatic carbocycles. The van der Waals surface area contributed by atoms with Crippen LogP contribution in [-0.4, -0.2) is 13.5 Å². The Labute approximate surface area is 136 Å². The van der Waals surface area contributed by atoms with Gasteiger partial charge in [-0.1, -0.05) is 18.2 Å². The lowest BCUT2D eigenvalue weighted by Gasteiger charge is -2.15. The molecule has 2 aromatic rings. The van der Waals surface area contributed by atoms with Crippen molar-refractivity contribution in [3.8, 4) is 11.5 Å². The monoisotopic (exact) mass is 351 g/mol. The van der Waals surface area contributed by atoms with Crippen LogP contribution in [0.15, 0.2) is 42.5 Å². The highest BCUT2D eigenvalue weighted by molar-refractivity contribution is 5.85. The second-order valence-corrected chi connectivity index (χ2v) is 4.49. The van der Waals surface area contributed by atoms with Crippen LogP contribution in [-0.2, 0) is 0 Å². The molecule has 0 saturated carbocycles. The lowest BCUT2D eigenvalue weighted by molar-refractivity contribution is -0.274. The Morgan fingerprint density at radius 3 is 2.04 bits per heavy atom. The molecular formula is C15H14ClF4NO2. The number of hydrogen-bond donors (Lipinski definition) is 1. The van der Waals surface area contributed by atoms with Gasteiger partial charge in [0.05, 0.1) is 13.2 Å². The zero-order valence-electron chi connectivity index (χ0n) is 11.9. The second kappa shape index (κ2) is 7.52. The van der Waals surface area contributed by atoms with E-state index in [-0.39, 0.29) is 23.9 Å². The molecule has 2 N–H and O–H groups in total. The van der Waals surface area contributed by atoms with E-state index in [1.54, 1.807) is 6.07 Å². The average molecular weight is 352 g/mol. The Morgan fingerprint density at radius 2 is 1.57 bits per heavy atom. The lowest BCUT2D eigenvalue weighted by atomic mass is 9.99. The number of nitrogens with two attached hydrogens (primary N) is 1. The summed E-state index contributed by atoms with van der Waals surface area (Å²) in [4.78, 5) is 0. The quantitative estimate of drug-likeness (QED) is 0.839. The molecule has 8 heteroatoms. The van der Waals surface area contributed by atoms with Crippen LogP contribution in [0.2, 0.25) is 0 Å². The van der Waals surface area contributed by atoms with Crippen LogP contribution in [0, 0.1) is 5.82 Å². The van der Waals surface area contributed by atoms with Gasteiger partial charge in [0, 0.05) is 0 Å². The van der Waals surface area contributed by atoms with Crippen molar-refractivity contribution in [1.29, 1.82) is 0 Å². The molecule has 126 valence electrons.